The topological polar surface area (TPSA) is 55.4 Å². The molecule has 0 saturated carbocycles. The van der Waals surface area contributed by atoms with Gasteiger partial charge in [-0.15, -0.1) is 11.3 Å². The summed E-state index contributed by atoms with van der Waals surface area (Å²) in [6.45, 7) is 0. The van der Waals surface area contributed by atoms with Crippen LogP contribution in [0, 0.1) is 0 Å². The number of thiophene rings is 1. The fourth-order valence-corrected chi connectivity index (χ4v) is 3.51. The van der Waals surface area contributed by atoms with Crippen molar-refractivity contribution in [1.29, 1.82) is 0 Å². The van der Waals surface area contributed by atoms with Crippen LogP contribution in [0.4, 0.5) is 5.00 Å². The number of halogens is 1. The SMILES string of the molecule is NC1=Nc2sc(-c3ccccc3)c(Cl)c2C(=O)C1. The summed E-state index contributed by atoms with van der Waals surface area (Å²) >= 11 is 7.70. The monoisotopic (exact) mass is 276 g/mol. The van der Waals surface area contributed by atoms with Gasteiger partial charge in [0, 0.05) is 0 Å². The molecule has 0 spiro atoms. The van der Waals surface area contributed by atoms with Gasteiger partial charge in [0.2, 0.25) is 0 Å². The number of benzene rings is 1. The fourth-order valence-electron chi connectivity index (χ4n) is 1.92. The van der Waals surface area contributed by atoms with Gasteiger partial charge in [0.05, 0.1) is 21.9 Å². The standard InChI is InChI=1S/C13H9ClN2OS/c14-11-10-8(17)6-9(15)16-13(10)18-12(11)7-4-2-1-3-5-7/h1-5H,6H2,(H2,15,16). The lowest BCUT2D eigenvalue weighted by atomic mass is 10.1. The predicted molar refractivity (Wildman–Crippen MR) is 75.0 cm³/mol. The maximum absolute atomic E-state index is 11.9. The zero-order valence-electron chi connectivity index (χ0n) is 9.31. The van der Waals surface area contributed by atoms with E-state index in [9.17, 15) is 4.79 Å². The molecular weight excluding hydrogens is 268 g/mol. The van der Waals surface area contributed by atoms with Gasteiger partial charge in [-0.3, -0.25) is 4.79 Å². The van der Waals surface area contributed by atoms with Crippen LogP contribution in [0.3, 0.4) is 0 Å². The molecule has 1 aromatic heterocycles. The van der Waals surface area contributed by atoms with Crippen molar-refractivity contribution in [3.63, 3.8) is 0 Å². The molecule has 90 valence electrons. The Bertz CT molecular complexity index is 661. The van der Waals surface area contributed by atoms with Crippen LogP contribution in [0.25, 0.3) is 10.4 Å². The Balaban J connectivity index is 2.21. The van der Waals surface area contributed by atoms with E-state index < -0.39 is 0 Å². The van der Waals surface area contributed by atoms with E-state index in [1.54, 1.807) is 0 Å². The number of rotatable bonds is 1. The van der Waals surface area contributed by atoms with Crippen LogP contribution in [0.2, 0.25) is 5.02 Å². The molecule has 0 amide bonds. The molecule has 0 unspecified atom stereocenters. The number of ketones is 1. The first kappa shape index (κ1) is 11.4. The Kier molecular flexibility index (Phi) is 2.69. The molecule has 0 atom stereocenters. The van der Waals surface area contributed by atoms with E-state index in [0.29, 0.717) is 21.4 Å². The summed E-state index contributed by atoms with van der Waals surface area (Å²) in [5.41, 5.74) is 7.13. The minimum atomic E-state index is -0.0547. The summed E-state index contributed by atoms with van der Waals surface area (Å²) in [5, 5.41) is 1.11. The Morgan fingerprint density at radius 1 is 1.28 bits per heavy atom. The van der Waals surface area contributed by atoms with Crippen LogP contribution in [-0.2, 0) is 0 Å². The number of fused-ring (bicyclic) bond motifs is 1. The maximum Gasteiger partial charge on any atom is 0.174 e. The quantitative estimate of drug-likeness (QED) is 0.864. The van der Waals surface area contributed by atoms with Gasteiger partial charge < -0.3 is 5.73 Å². The molecule has 1 aliphatic heterocycles. The highest BCUT2D eigenvalue weighted by atomic mass is 35.5. The molecule has 2 N–H and O–H groups in total. The second kappa shape index (κ2) is 4.23. The highest BCUT2D eigenvalue weighted by Gasteiger charge is 2.27. The fraction of sp³-hybridized carbons (Fsp3) is 0.0769. The van der Waals surface area contributed by atoms with Crippen molar-refractivity contribution in [1.82, 2.24) is 0 Å². The van der Waals surface area contributed by atoms with E-state index in [1.807, 2.05) is 30.3 Å². The van der Waals surface area contributed by atoms with Crippen molar-refractivity contribution in [2.45, 2.75) is 6.42 Å². The molecule has 0 fully saturated rings. The lowest BCUT2D eigenvalue weighted by Crippen LogP contribution is -2.19. The van der Waals surface area contributed by atoms with E-state index in [2.05, 4.69) is 4.99 Å². The number of aliphatic imine (C=N–C) groups is 1. The molecular formula is C13H9ClN2OS. The predicted octanol–water partition coefficient (Wildman–Crippen LogP) is 3.64. The van der Waals surface area contributed by atoms with Gasteiger partial charge in [-0.05, 0) is 5.56 Å². The van der Waals surface area contributed by atoms with Gasteiger partial charge in [-0.2, -0.15) is 0 Å². The normalized spacial score (nSPS) is 14.3. The second-order valence-corrected chi connectivity index (χ2v) is 5.37. The average Bonchev–Trinajstić information content (AvgIpc) is 2.67. The van der Waals surface area contributed by atoms with E-state index in [1.165, 1.54) is 11.3 Å². The first-order valence-electron chi connectivity index (χ1n) is 5.41. The Morgan fingerprint density at radius 3 is 2.72 bits per heavy atom. The number of Topliss-reactive ketones (excluding diaryl/α,β-unsaturated/α-hetero) is 1. The van der Waals surface area contributed by atoms with Crippen LogP contribution < -0.4 is 5.73 Å². The van der Waals surface area contributed by atoms with Gasteiger partial charge in [0.1, 0.15) is 10.8 Å². The summed E-state index contributed by atoms with van der Waals surface area (Å²) in [6, 6.07) is 9.72. The first-order chi connectivity index (χ1) is 8.66. The van der Waals surface area contributed by atoms with Crippen LogP contribution in [0.1, 0.15) is 16.8 Å². The van der Waals surface area contributed by atoms with E-state index >= 15 is 0 Å². The zero-order chi connectivity index (χ0) is 12.7. The summed E-state index contributed by atoms with van der Waals surface area (Å²) < 4.78 is 0. The number of nitrogens with zero attached hydrogens (tertiary/aromatic N) is 1. The van der Waals surface area contributed by atoms with Crippen molar-refractivity contribution in [2.75, 3.05) is 0 Å². The Morgan fingerprint density at radius 2 is 2.00 bits per heavy atom. The Hall–Kier alpha value is -1.65. The van der Waals surface area contributed by atoms with Gasteiger partial charge in [0.25, 0.3) is 0 Å². The van der Waals surface area contributed by atoms with Crippen molar-refractivity contribution in [2.24, 2.45) is 10.7 Å². The van der Waals surface area contributed by atoms with Crippen molar-refractivity contribution >= 4 is 39.6 Å². The van der Waals surface area contributed by atoms with Gasteiger partial charge >= 0.3 is 0 Å². The van der Waals surface area contributed by atoms with Gasteiger partial charge in [-0.1, -0.05) is 41.9 Å². The molecule has 0 bridgehead atoms. The lowest BCUT2D eigenvalue weighted by Gasteiger charge is -2.06. The number of hydrogen-bond donors (Lipinski definition) is 1. The summed E-state index contributed by atoms with van der Waals surface area (Å²) in [4.78, 5) is 17.0. The molecule has 5 heteroatoms. The highest BCUT2D eigenvalue weighted by molar-refractivity contribution is 7.20. The molecule has 0 aliphatic carbocycles. The zero-order valence-corrected chi connectivity index (χ0v) is 10.9. The van der Waals surface area contributed by atoms with Crippen molar-refractivity contribution in [3.8, 4) is 10.4 Å². The summed E-state index contributed by atoms with van der Waals surface area (Å²) in [7, 11) is 0. The summed E-state index contributed by atoms with van der Waals surface area (Å²) in [6.07, 6.45) is 0.150. The average molecular weight is 277 g/mol. The summed E-state index contributed by atoms with van der Waals surface area (Å²) in [5.74, 6) is 0.297. The minimum absolute atomic E-state index is 0.0547. The molecule has 0 saturated heterocycles. The molecule has 3 rings (SSSR count). The van der Waals surface area contributed by atoms with E-state index in [-0.39, 0.29) is 12.2 Å². The third-order valence-electron chi connectivity index (χ3n) is 2.73. The smallest absolute Gasteiger partial charge is 0.174 e. The number of hydrogen-bond acceptors (Lipinski definition) is 4. The minimum Gasteiger partial charge on any atom is -0.387 e. The molecule has 2 heterocycles. The molecule has 1 aliphatic rings. The number of carbonyl (C=O) groups is 1. The van der Waals surface area contributed by atoms with E-state index in [4.69, 9.17) is 17.3 Å². The van der Waals surface area contributed by atoms with E-state index in [0.717, 1.165) is 10.4 Å². The molecule has 0 radical (unpaired) electrons. The number of nitrogens with two attached hydrogens (primary N) is 1. The highest BCUT2D eigenvalue weighted by Crippen LogP contribution is 2.46. The van der Waals surface area contributed by atoms with Crippen LogP contribution in [0.5, 0.6) is 0 Å². The first-order valence-corrected chi connectivity index (χ1v) is 6.60. The van der Waals surface area contributed by atoms with Crippen molar-refractivity contribution < 1.29 is 4.79 Å². The van der Waals surface area contributed by atoms with Crippen LogP contribution in [0.15, 0.2) is 35.3 Å². The van der Waals surface area contributed by atoms with Gasteiger partial charge in [0.15, 0.2) is 5.78 Å². The number of carbonyl (C=O) groups excluding carboxylic acids is 1. The van der Waals surface area contributed by atoms with Crippen LogP contribution in [-0.4, -0.2) is 11.6 Å². The largest absolute Gasteiger partial charge is 0.387 e. The third kappa shape index (κ3) is 1.74. The lowest BCUT2D eigenvalue weighted by molar-refractivity contribution is 0.1000. The Labute approximate surface area is 113 Å². The molecule has 1 aromatic carbocycles. The second-order valence-electron chi connectivity index (χ2n) is 3.99. The maximum atomic E-state index is 11.9. The molecule has 18 heavy (non-hydrogen) atoms. The van der Waals surface area contributed by atoms with Crippen LogP contribution >= 0.6 is 22.9 Å². The number of amidine groups is 1. The van der Waals surface area contributed by atoms with Crippen molar-refractivity contribution in [3.05, 3.63) is 40.9 Å². The molecule has 3 nitrogen and oxygen atoms in total. The molecule has 2 aromatic rings. The third-order valence-corrected chi connectivity index (χ3v) is 4.36. The van der Waals surface area contributed by atoms with Gasteiger partial charge in [-0.25, -0.2) is 4.99 Å².